The van der Waals surface area contributed by atoms with Crippen LogP contribution in [0.3, 0.4) is 0 Å². The number of thiophene rings is 3. The summed E-state index contributed by atoms with van der Waals surface area (Å²) in [6.07, 6.45) is 0. The van der Waals surface area contributed by atoms with Crippen molar-refractivity contribution in [3.63, 3.8) is 0 Å². The molecule has 0 atom stereocenters. The lowest BCUT2D eigenvalue weighted by atomic mass is 10.3. The highest BCUT2D eigenvalue weighted by Crippen LogP contribution is 2.23. The number of hydrogen-bond acceptors (Lipinski definition) is 7. The molecule has 7 heteroatoms. The largest absolute Gasteiger partial charge is 0.338 e. The van der Waals surface area contributed by atoms with Gasteiger partial charge in [-0.15, -0.1) is 34.0 Å². The number of rotatable bonds is 7. The van der Waals surface area contributed by atoms with E-state index in [-0.39, 0.29) is 0 Å². The van der Waals surface area contributed by atoms with Crippen molar-refractivity contribution in [1.29, 1.82) is 0 Å². The van der Waals surface area contributed by atoms with Crippen molar-refractivity contribution < 1.29 is 4.52 Å². The Morgan fingerprint density at radius 1 is 0.833 bits per heavy atom. The molecule has 24 heavy (non-hydrogen) atoms. The summed E-state index contributed by atoms with van der Waals surface area (Å²) in [4.78, 5) is 10.6. The molecule has 0 aliphatic rings. The van der Waals surface area contributed by atoms with Crippen molar-refractivity contribution in [1.82, 2.24) is 15.0 Å². The lowest BCUT2D eigenvalue weighted by Crippen LogP contribution is -2.21. The molecule has 0 spiro atoms. The average molecular weight is 374 g/mol. The molecule has 0 saturated heterocycles. The van der Waals surface area contributed by atoms with E-state index in [4.69, 9.17) is 4.52 Å². The van der Waals surface area contributed by atoms with Gasteiger partial charge in [0.15, 0.2) is 0 Å². The van der Waals surface area contributed by atoms with Crippen LogP contribution in [-0.4, -0.2) is 15.0 Å². The fourth-order valence-electron chi connectivity index (χ4n) is 2.43. The number of hydrogen-bond donors (Lipinski definition) is 0. The Balaban J connectivity index is 1.50. The monoisotopic (exact) mass is 373 g/mol. The van der Waals surface area contributed by atoms with Crippen molar-refractivity contribution in [2.24, 2.45) is 0 Å². The van der Waals surface area contributed by atoms with E-state index < -0.39 is 0 Å². The summed E-state index contributed by atoms with van der Waals surface area (Å²) in [6, 6.07) is 12.5. The molecule has 0 bridgehead atoms. The maximum absolute atomic E-state index is 5.47. The molecule has 0 radical (unpaired) electrons. The SMILES string of the molecule is c1csc(CN(Cc2nc(-c3cccs3)no2)Cc2cccs2)c1. The fraction of sp³-hybridized carbons (Fsp3) is 0.176. The van der Waals surface area contributed by atoms with Gasteiger partial charge in [0.25, 0.3) is 0 Å². The van der Waals surface area contributed by atoms with Crippen molar-refractivity contribution in [3.05, 3.63) is 68.2 Å². The van der Waals surface area contributed by atoms with Crippen molar-refractivity contribution in [3.8, 4) is 10.7 Å². The molecule has 4 nitrogen and oxygen atoms in total. The molecule has 0 saturated carbocycles. The summed E-state index contributed by atoms with van der Waals surface area (Å²) >= 11 is 5.17. The topological polar surface area (TPSA) is 42.2 Å². The second-order valence-electron chi connectivity index (χ2n) is 5.29. The molecular formula is C17H15N3OS3. The van der Waals surface area contributed by atoms with Gasteiger partial charge >= 0.3 is 0 Å². The Morgan fingerprint density at radius 3 is 2.08 bits per heavy atom. The van der Waals surface area contributed by atoms with Crippen LogP contribution in [0.5, 0.6) is 0 Å². The Morgan fingerprint density at radius 2 is 1.50 bits per heavy atom. The van der Waals surface area contributed by atoms with E-state index in [9.17, 15) is 0 Å². The van der Waals surface area contributed by atoms with Crippen LogP contribution < -0.4 is 0 Å². The normalized spacial score (nSPS) is 11.4. The first-order chi connectivity index (χ1) is 11.9. The highest BCUT2D eigenvalue weighted by Gasteiger charge is 2.15. The van der Waals surface area contributed by atoms with Crippen LogP contribution in [0.15, 0.2) is 57.1 Å². The summed E-state index contributed by atoms with van der Waals surface area (Å²) in [7, 11) is 0. The van der Waals surface area contributed by atoms with Gasteiger partial charge in [-0.05, 0) is 34.3 Å². The van der Waals surface area contributed by atoms with Crippen LogP contribution >= 0.6 is 34.0 Å². The van der Waals surface area contributed by atoms with E-state index in [2.05, 4.69) is 50.1 Å². The van der Waals surface area contributed by atoms with Gasteiger partial charge in [0.1, 0.15) is 0 Å². The van der Waals surface area contributed by atoms with Gasteiger partial charge in [0.05, 0.1) is 11.4 Å². The lowest BCUT2D eigenvalue weighted by Gasteiger charge is -2.18. The number of aromatic nitrogens is 2. The van der Waals surface area contributed by atoms with Crippen LogP contribution in [0.4, 0.5) is 0 Å². The standard InChI is InChI=1S/C17H15N3OS3/c1-4-13(22-7-1)10-20(11-14-5-2-8-23-14)12-16-18-17(19-21-16)15-6-3-9-24-15/h1-9H,10-12H2. The molecule has 4 rings (SSSR count). The zero-order chi connectivity index (χ0) is 16.2. The third kappa shape index (κ3) is 3.81. The third-order valence-electron chi connectivity index (χ3n) is 3.49. The molecule has 4 aromatic heterocycles. The van der Waals surface area contributed by atoms with Gasteiger partial charge in [-0.2, -0.15) is 4.98 Å². The second kappa shape index (κ2) is 7.40. The summed E-state index contributed by atoms with van der Waals surface area (Å²) in [5, 5.41) is 10.4. The Labute approximate surface area is 152 Å². The zero-order valence-electron chi connectivity index (χ0n) is 12.8. The van der Waals surface area contributed by atoms with E-state index in [1.807, 2.05) is 17.5 Å². The van der Waals surface area contributed by atoms with Gasteiger partial charge in [0, 0.05) is 22.8 Å². The summed E-state index contributed by atoms with van der Waals surface area (Å²) in [5.74, 6) is 1.33. The molecular weight excluding hydrogens is 358 g/mol. The first-order valence-electron chi connectivity index (χ1n) is 7.50. The Hall–Kier alpha value is -1.80. The molecule has 0 aliphatic heterocycles. The van der Waals surface area contributed by atoms with E-state index in [0.29, 0.717) is 18.3 Å². The Bertz CT molecular complexity index is 815. The number of nitrogens with zero attached hydrogens (tertiary/aromatic N) is 3. The predicted molar refractivity (Wildman–Crippen MR) is 99.2 cm³/mol. The van der Waals surface area contributed by atoms with E-state index in [1.165, 1.54) is 9.75 Å². The van der Waals surface area contributed by atoms with Crippen molar-refractivity contribution in [2.45, 2.75) is 19.6 Å². The van der Waals surface area contributed by atoms with Gasteiger partial charge in [0.2, 0.25) is 11.7 Å². The molecule has 122 valence electrons. The summed E-state index contributed by atoms with van der Waals surface area (Å²) < 4.78 is 5.47. The second-order valence-corrected chi connectivity index (χ2v) is 8.31. The van der Waals surface area contributed by atoms with Crippen LogP contribution in [0.25, 0.3) is 10.7 Å². The molecule has 0 N–H and O–H groups in total. The van der Waals surface area contributed by atoms with E-state index in [0.717, 1.165) is 18.0 Å². The van der Waals surface area contributed by atoms with Crippen molar-refractivity contribution in [2.75, 3.05) is 0 Å². The van der Waals surface area contributed by atoms with Crippen LogP contribution in [-0.2, 0) is 19.6 Å². The Kier molecular flexibility index (Phi) is 4.84. The highest BCUT2D eigenvalue weighted by atomic mass is 32.1. The first kappa shape index (κ1) is 15.7. The fourth-order valence-corrected chi connectivity index (χ4v) is 4.57. The van der Waals surface area contributed by atoms with Gasteiger partial charge in [-0.1, -0.05) is 23.4 Å². The van der Waals surface area contributed by atoms with E-state index >= 15 is 0 Å². The average Bonchev–Trinajstić information content (AvgIpc) is 3.37. The minimum atomic E-state index is 0.647. The molecule has 0 amide bonds. The lowest BCUT2D eigenvalue weighted by molar-refractivity contribution is 0.214. The van der Waals surface area contributed by atoms with Gasteiger partial charge in [-0.3, -0.25) is 4.90 Å². The molecule has 4 aromatic rings. The quantitative estimate of drug-likeness (QED) is 0.451. The summed E-state index contributed by atoms with van der Waals surface area (Å²) in [5.41, 5.74) is 0. The zero-order valence-corrected chi connectivity index (χ0v) is 15.2. The van der Waals surface area contributed by atoms with Crippen LogP contribution in [0, 0.1) is 0 Å². The maximum Gasteiger partial charge on any atom is 0.241 e. The third-order valence-corrected chi connectivity index (χ3v) is 6.08. The maximum atomic E-state index is 5.47. The minimum absolute atomic E-state index is 0.647. The summed E-state index contributed by atoms with van der Waals surface area (Å²) in [6.45, 7) is 2.41. The smallest absolute Gasteiger partial charge is 0.241 e. The molecule has 0 unspecified atom stereocenters. The molecule has 4 heterocycles. The van der Waals surface area contributed by atoms with Crippen LogP contribution in [0.1, 0.15) is 15.6 Å². The van der Waals surface area contributed by atoms with Crippen LogP contribution in [0.2, 0.25) is 0 Å². The molecule has 0 aliphatic carbocycles. The van der Waals surface area contributed by atoms with Gasteiger partial charge < -0.3 is 4.52 Å². The first-order valence-corrected chi connectivity index (χ1v) is 10.1. The van der Waals surface area contributed by atoms with Gasteiger partial charge in [-0.25, -0.2) is 0 Å². The minimum Gasteiger partial charge on any atom is -0.338 e. The highest BCUT2D eigenvalue weighted by molar-refractivity contribution is 7.13. The predicted octanol–water partition coefficient (Wildman–Crippen LogP) is 5.12. The molecule has 0 aromatic carbocycles. The van der Waals surface area contributed by atoms with E-state index in [1.54, 1.807) is 34.0 Å². The molecule has 0 fully saturated rings. The van der Waals surface area contributed by atoms with Crippen molar-refractivity contribution >= 4 is 34.0 Å².